The topological polar surface area (TPSA) is 17.1 Å². The molecule has 0 spiro atoms. The maximum Gasteiger partial charge on any atom is 0.135 e. The third-order valence-electron chi connectivity index (χ3n) is 2.32. The van der Waals surface area contributed by atoms with Crippen LogP contribution in [0.2, 0.25) is 0 Å². The first kappa shape index (κ1) is 7.77. The molecule has 0 radical (unpaired) electrons. The third-order valence-corrected chi connectivity index (χ3v) is 2.32. The first-order valence-corrected chi connectivity index (χ1v) is 4.37. The van der Waals surface area contributed by atoms with Crippen molar-refractivity contribution < 1.29 is 4.79 Å². The maximum absolute atomic E-state index is 11.2. The van der Waals surface area contributed by atoms with E-state index < -0.39 is 0 Å². The molecule has 0 aliphatic heterocycles. The Kier molecular flexibility index (Phi) is 2.91. The van der Waals surface area contributed by atoms with Crippen molar-refractivity contribution in [1.29, 1.82) is 0 Å². The molecular formula is C9H16O. The Labute approximate surface area is 62.8 Å². The zero-order valence-electron chi connectivity index (χ0n) is 6.73. The second-order valence-corrected chi connectivity index (χ2v) is 3.20. The van der Waals surface area contributed by atoms with E-state index in [2.05, 4.69) is 6.92 Å². The molecule has 0 bridgehead atoms. The van der Waals surface area contributed by atoms with Crippen molar-refractivity contribution in [2.45, 2.75) is 45.4 Å². The first-order chi connectivity index (χ1) is 4.84. The summed E-state index contributed by atoms with van der Waals surface area (Å²) in [7, 11) is 0. The molecule has 0 aromatic carbocycles. The maximum atomic E-state index is 11.2. The van der Waals surface area contributed by atoms with E-state index in [1.807, 2.05) is 0 Å². The van der Waals surface area contributed by atoms with E-state index in [0.717, 1.165) is 32.1 Å². The highest BCUT2D eigenvalue weighted by molar-refractivity contribution is 5.81. The van der Waals surface area contributed by atoms with Crippen molar-refractivity contribution in [3.63, 3.8) is 0 Å². The highest BCUT2D eigenvalue weighted by Crippen LogP contribution is 2.23. The van der Waals surface area contributed by atoms with Crippen LogP contribution >= 0.6 is 0 Å². The van der Waals surface area contributed by atoms with Gasteiger partial charge in [0.25, 0.3) is 0 Å². The van der Waals surface area contributed by atoms with Gasteiger partial charge in [-0.1, -0.05) is 19.8 Å². The second kappa shape index (κ2) is 3.75. The summed E-state index contributed by atoms with van der Waals surface area (Å²) in [6, 6.07) is 0. The van der Waals surface area contributed by atoms with Gasteiger partial charge < -0.3 is 0 Å². The van der Waals surface area contributed by atoms with Crippen molar-refractivity contribution in [2.24, 2.45) is 5.92 Å². The van der Waals surface area contributed by atoms with Gasteiger partial charge in [0.15, 0.2) is 0 Å². The van der Waals surface area contributed by atoms with Crippen molar-refractivity contribution in [1.82, 2.24) is 0 Å². The van der Waals surface area contributed by atoms with Crippen LogP contribution in [0.3, 0.4) is 0 Å². The minimum atomic E-state index is 0.429. The summed E-state index contributed by atoms with van der Waals surface area (Å²) in [6.45, 7) is 2.15. The summed E-state index contributed by atoms with van der Waals surface area (Å²) in [4.78, 5) is 11.2. The fourth-order valence-electron chi connectivity index (χ4n) is 1.71. The molecule has 1 saturated carbocycles. The Morgan fingerprint density at radius 3 is 2.90 bits per heavy atom. The summed E-state index contributed by atoms with van der Waals surface area (Å²) in [5.74, 6) is 0.951. The van der Waals surface area contributed by atoms with Crippen molar-refractivity contribution in [2.75, 3.05) is 0 Å². The van der Waals surface area contributed by atoms with Crippen LogP contribution in [0.4, 0.5) is 0 Å². The number of hydrogen-bond donors (Lipinski definition) is 0. The molecule has 0 N–H and O–H groups in total. The van der Waals surface area contributed by atoms with Crippen molar-refractivity contribution in [3.8, 4) is 0 Å². The molecule has 1 heteroatoms. The lowest BCUT2D eigenvalue weighted by Crippen LogP contribution is -2.18. The van der Waals surface area contributed by atoms with E-state index in [1.54, 1.807) is 0 Å². The Bertz CT molecular complexity index is 116. The third kappa shape index (κ3) is 1.83. The smallest absolute Gasteiger partial charge is 0.135 e. The van der Waals surface area contributed by atoms with E-state index in [0.29, 0.717) is 11.7 Å². The predicted octanol–water partition coefficient (Wildman–Crippen LogP) is 2.55. The van der Waals surface area contributed by atoms with Crippen LogP contribution < -0.4 is 0 Å². The molecule has 0 heterocycles. The van der Waals surface area contributed by atoms with Gasteiger partial charge in [-0.05, 0) is 19.3 Å². The number of ketones is 1. The summed E-state index contributed by atoms with van der Waals surface area (Å²) < 4.78 is 0. The quantitative estimate of drug-likeness (QED) is 0.576. The summed E-state index contributed by atoms with van der Waals surface area (Å²) >= 11 is 0. The molecule has 0 unspecified atom stereocenters. The van der Waals surface area contributed by atoms with Crippen LogP contribution in [0.25, 0.3) is 0 Å². The van der Waals surface area contributed by atoms with E-state index in [4.69, 9.17) is 0 Å². The molecule has 0 saturated heterocycles. The molecule has 1 aliphatic rings. The van der Waals surface area contributed by atoms with Gasteiger partial charge in [0.05, 0.1) is 0 Å². The molecule has 10 heavy (non-hydrogen) atoms. The molecule has 1 nitrogen and oxygen atoms in total. The standard InChI is InChI=1S/C9H16O/c1-2-5-8-6-3-4-7-9(8)10/h8H,2-7H2,1H3/t8-/m0/s1. The number of rotatable bonds is 2. The van der Waals surface area contributed by atoms with Crippen molar-refractivity contribution >= 4 is 5.78 Å². The van der Waals surface area contributed by atoms with Gasteiger partial charge in [-0.25, -0.2) is 0 Å². The Morgan fingerprint density at radius 1 is 1.50 bits per heavy atom. The average molecular weight is 140 g/mol. The van der Waals surface area contributed by atoms with Crippen LogP contribution in [0, 0.1) is 5.92 Å². The van der Waals surface area contributed by atoms with Crippen LogP contribution in [0.15, 0.2) is 0 Å². The Morgan fingerprint density at radius 2 is 2.30 bits per heavy atom. The van der Waals surface area contributed by atoms with Crippen LogP contribution in [-0.4, -0.2) is 5.78 Å². The molecule has 0 amide bonds. The fourth-order valence-corrected chi connectivity index (χ4v) is 1.71. The number of carbonyl (C=O) groups is 1. The highest BCUT2D eigenvalue weighted by atomic mass is 16.1. The zero-order chi connectivity index (χ0) is 7.40. The van der Waals surface area contributed by atoms with Gasteiger partial charge in [0.1, 0.15) is 5.78 Å². The molecular weight excluding hydrogens is 124 g/mol. The molecule has 0 aromatic heterocycles. The minimum Gasteiger partial charge on any atom is -0.299 e. The van der Waals surface area contributed by atoms with Gasteiger partial charge in [-0.15, -0.1) is 0 Å². The van der Waals surface area contributed by atoms with Crippen LogP contribution in [-0.2, 0) is 4.79 Å². The Hall–Kier alpha value is -0.330. The van der Waals surface area contributed by atoms with Gasteiger partial charge >= 0.3 is 0 Å². The van der Waals surface area contributed by atoms with Gasteiger partial charge in [0.2, 0.25) is 0 Å². The van der Waals surface area contributed by atoms with Crippen molar-refractivity contribution in [3.05, 3.63) is 0 Å². The predicted molar refractivity (Wildman–Crippen MR) is 41.9 cm³/mol. The largest absolute Gasteiger partial charge is 0.299 e. The molecule has 0 aromatic rings. The van der Waals surface area contributed by atoms with E-state index in [-0.39, 0.29) is 0 Å². The lowest BCUT2D eigenvalue weighted by atomic mass is 9.85. The second-order valence-electron chi connectivity index (χ2n) is 3.20. The lowest BCUT2D eigenvalue weighted by Gasteiger charge is -2.19. The van der Waals surface area contributed by atoms with Crippen LogP contribution in [0.5, 0.6) is 0 Å². The number of carbonyl (C=O) groups excluding carboxylic acids is 1. The average Bonchev–Trinajstić information content (AvgIpc) is 1.94. The fraction of sp³-hybridized carbons (Fsp3) is 0.889. The number of hydrogen-bond acceptors (Lipinski definition) is 1. The van der Waals surface area contributed by atoms with E-state index in [1.165, 1.54) is 6.42 Å². The normalized spacial score (nSPS) is 26.9. The van der Waals surface area contributed by atoms with E-state index in [9.17, 15) is 4.79 Å². The van der Waals surface area contributed by atoms with Gasteiger partial charge in [0, 0.05) is 12.3 Å². The summed E-state index contributed by atoms with van der Waals surface area (Å²) in [5, 5.41) is 0. The molecule has 58 valence electrons. The first-order valence-electron chi connectivity index (χ1n) is 4.37. The summed E-state index contributed by atoms with van der Waals surface area (Å²) in [5.41, 5.74) is 0. The summed E-state index contributed by atoms with van der Waals surface area (Å²) in [6.07, 6.45) is 6.71. The SMILES string of the molecule is CCC[C@H]1CCCCC1=O. The van der Waals surface area contributed by atoms with Crippen LogP contribution in [0.1, 0.15) is 45.4 Å². The number of Topliss-reactive ketones (excluding diaryl/α,β-unsaturated/α-hetero) is 1. The van der Waals surface area contributed by atoms with Gasteiger partial charge in [-0.2, -0.15) is 0 Å². The molecule has 1 atom stereocenters. The highest BCUT2D eigenvalue weighted by Gasteiger charge is 2.20. The molecule has 1 fully saturated rings. The molecule has 1 aliphatic carbocycles. The Balaban J connectivity index is 2.32. The lowest BCUT2D eigenvalue weighted by molar-refractivity contribution is -0.124. The molecule has 1 rings (SSSR count). The minimum absolute atomic E-state index is 0.429. The monoisotopic (exact) mass is 140 g/mol. The zero-order valence-corrected chi connectivity index (χ0v) is 6.73. The van der Waals surface area contributed by atoms with E-state index >= 15 is 0 Å². The van der Waals surface area contributed by atoms with Gasteiger partial charge in [-0.3, -0.25) is 4.79 Å².